The van der Waals surface area contributed by atoms with Crippen molar-refractivity contribution in [2.45, 2.75) is 26.7 Å². The number of anilines is 1. The number of benzene rings is 1. The van der Waals surface area contributed by atoms with Gasteiger partial charge < -0.3 is 9.64 Å². The van der Waals surface area contributed by atoms with E-state index in [1.807, 2.05) is 11.7 Å². The number of hydrogen-bond acceptors (Lipinski definition) is 5. The average molecular weight is 365 g/mol. The van der Waals surface area contributed by atoms with Gasteiger partial charge in [-0.05, 0) is 43.9 Å². The smallest absolute Gasteiger partial charge is 0.226 e. The van der Waals surface area contributed by atoms with Crippen LogP contribution in [0.15, 0.2) is 24.3 Å². The van der Waals surface area contributed by atoms with E-state index in [0.29, 0.717) is 26.4 Å². The second-order valence-corrected chi connectivity index (χ2v) is 6.57. The highest BCUT2D eigenvalue weighted by atomic mass is 32.1. The number of halogens is 1. The van der Waals surface area contributed by atoms with Crippen molar-refractivity contribution < 1.29 is 9.13 Å². The van der Waals surface area contributed by atoms with Crippen molar-refractivity contribution in [3.63, 3.8) is 0 Å². The summed E-state index contributed by atoms with van der Waals surface area (Å²) in [6.07, 6.45) is 0. The zero-order valence-corrected chi connectivity index (χ0v) is 15.5. The number of rotatable bonds is 6. The van der Waals surface area contributed by atoms with Crippen molar-refractivity contribution in [2.75, 3.05) is 38.3 Å². The number of morpholine rings is 1. The molecule has 1 aliphatic rings. The van der Waals surface area contributed by atoms with Crippen LogP contribution in [0.25, 0.3) is 0 Å². The Labute approximate surface area is 152 Å². The van der Waals surface area contributed by atoms with Gasteiger partial charge in [-0.15, -0.1) is 5.10 Å². The van der Waals surface area contributed by atoms with Gasteiger partial charge in [0.25, 0.3) is 0 Å². The first kappa shape index (κ1) is 18.0. The van der Waals surface area contributed by atoms with Crippen LogP contribution in [-0.4, -0.2) is 52.6 Å². The first-order chi connectivity index (χ1) is 12.1. The lowest BCUT2D eigenvalue weighted by Gasteiger charge is -2.27. The third kappa shape index (κ3) is 4.26. The van der Waals surface area contributed by atoms with E-state index in [-0.39, 0.29) is 5.82 Å². The van der Waals surface area contributed by atoms with Crippen LogP contribution < -0.4 is 4.90 Å². The monoisotopic (exact) mass is 365 g/mol. The summed E-state index contributed by atoms with van der Waals surface area (Å²) in [5.74, 6) is 0.691. The molecule has 8 heteroatoms. The Balaban J connectivity index is 1.74. The Kier molecular flexibility index (Phi) is 5.82. The van der Waals surface area contributed by atoms with Crippen molar-refractivity contribution in [1.29, 1.82) is 0 Å². The summed E-state index contributed by atoms with van der Waals surface area (Å²) in [5, 5.41) is 4.74. The van der Waals surface area contributed by atoms with Crippen molar-refractivity contribution in [1.82, 2.24) is 19.2 Å². The summed E-state index contributed by atoms with van der Waals surface area (Å²) < 4.78 is 23.1. The summed E-state index contributed by atoms with van der Waals surface area (Å²) >= 11 is 5.61. The fourth-order valence-corrected chi connectivity index (χ4v) is 3.29. The lowest BCUT2D eigenvalue weighted by atomic mass is 10.2. The molecule has 0 atom stereocenters. The van der Waals surface area contributed by atoms with Gasteiger partial charge in [0.05, 0.1) is 19.9 Å². The van der Waals surface area contributed by atoms with E-state index in [2.05, 4.69) is 21.3 Å². The van der Waals surface area contributed by atoms with E-state index in [4.69, 9.17) is 22.1 Å². The molecule has 0 spiro atoms. The molecule has 6 nitrogen and oxygen atoms in total. The molecule has 0 unspecified atom stereocenters. The second-order valence-electron chi connectivity index (χ2n) is 6.21. The van der Waals surface area contributed by atoms with E-state index in [1.54, 1.807) is 12.1 Å². The number of hydrogen-bond donors (Lipinski definition) is 0. The van der Waals surface area contributed by atoms with Crippen molar-refractivity contribution >= 4 is 18.2 Å². The molecule has 0 amide bonds. The van der Waals surface area contributed by atoms with Crippen LogP contribution in [0.1, 0.15) is 12.5 Å². The van der Waals surface area contributed by atoms with E-state index >= 15 is 0 Å². The summed E-state index contributed by atoms with van der Waals surface area (Å²) in [7, 11) is 2.00. The second kappa shape index (κ2) is 8.07. The van der Waals surface area contributed by atoms with Gasteiger partial charge in [-0.25, -0.2) is 9.07 Å². The quantitative estimate of drug-likeness (QED) is 0.736. The van der Waals surface area contributed by atoms with Crippen molar-refractivity contribution in [3.05, 3.63) is 40.4 Å². The van der Waals surface area contributed by atoms with Crippen molar-refractivity contribution in [3.8, 4) is 0 Å². The Morgan fingerprint density at radius 3 is 2.56 bits per heavy atom. The fraction of sp³-hybridized carbons (Fsp3) is 0.529. The van der Waals surface area contributed by atoms with Gasteiger partial charge >= 0.3 is 0 Å². The SMILES string of the molecule is CCn1c(N2CCOCC2)nn(CN(C)Cc2ccc(F)cc2)c1=S. The number of nitrogens with zero attached hydrogens (tertiary/aromatic N) is 5. The van der Waals surface area contributed by atoms with Gasteiger partial charge in [0, 0.05) is 26.2 Å². The van der Waals surface area contributed by atoms with E-state index in [9.17, 15) is 4.39 Å². The van der Waals surface area contributed by atoms with Crippen LogP contribution in [0.4, 0.5) is 10.3 Å². The van der Waals surface area contributed by atoms with Gasteiger partial charge in [0.2, 0.25) is 10.7 Å². The summed E-state index contributed by atoms with van der Waals surface area (Å²) in [4.78, 5) is 4.33. The summed E-state index contributed by atoms with van der Waals surface area (Å²) in [6, 6.07) is 6.57. The largest absolute Gasteiger partial charge is 0.378 e. The molecule has 0 radical (unpaired) electrons. The molecular weight excluding hydrogens is 341 g/mol. The van der Waals surface area contributed by atoms with Crippen molar-refractivity contribution in [2.24, 2.45) is 0 Å². The van der Waals surface area contributed by atoms with Crippen LogP contribution in [0.5, 0.6) is 0 Å². The topological polar surface area (TPSA) is 38.5 Å². The molecule has 3 rings (SSSR count). The standard InChI is InChI=1S/C17H24FN5OS/c1-3-22-16(21-8-10-24-11-9-21)19-23(17(22)25)13-20(2)12-14-4-6-15(18)7-5-14/h4-7H,3,8-13H2,1-2H3. The molecule has 0 N–H and O–H groups in total. The third-order valence-electron chi connectivity index (χ3n) is 4.25. The maximum absolute atomic E-state index is 13.0. The minimum Gasteiger partial charge on any atom is -0.378 e. The Bertz CT molecular complexity index is 751. The molecule has 25 heavy (non-hydrogen) atoms. The third-order valence-corrected chi connectivity index (χ3v) is 4.69. The van der Waals surface area contributed by atoms with Crippen LogP contribution in [-0.2, 0) is 24.5 Å². The predicted octanol–water partition coefficient (Wildman–Crippen LogP) is 2.50. The predicted molar refractivity (Wildman–Crippen MR) is 97.6 cm³/mol. The van der Waals surface area contributed by atoms with E-state index < -0.39 is 0 Å². The van der Waals surface area contributed by atoms with Crippen LogP contribution >= 0.6 is 12.2 Å². The summed E-state index contributed by atoms with van der Waals surface area (Å²) in [5.41, 5.74) is 1.05. The molecule has 1 saturated heterocycles. The van der Waals surface area contributed by atoms with Gasteiger partial charge in [-0.2, -0.15) is 0 Å². The molecule has 0 saturated carbocycles. The fourth-order valence-electron chi connectivity index (χ4n) is 2.98. The molecule has 0 bridgehead atoms. The Morgan fingerprint density at radius 1 is 1.24 bits per heavy atom. The Morgan fingerprint density at radius 2 is 1.92 bits per heavy atom. The molecule has 136 valence electrons. The zero-order chi connectivity index (χ0) is 17.8. The van der Waals surface area contributed by atoms with Crippen LogP contribution in [0.3, 0.4) is 0 Å². The average Bonchev–Trinajstić information content (AvgIpc) is 2.93. The first-order valence-corrected chi connectivity index (χ1v) is 8.92. The Hall–Kier alpha value is -1.77. The first-order valence-electron chi connectivity index (χ1n) is 8.52. The van der Waals surface area contributed by atoms with E-state index in [1.165, 1.54) is 12.1 Å². The molecular formula is C17H24FN5OS. The van der Waals surface area contributed by atoms with E-state index in [0.717, 1.165) is 35.9 Å². The summed E-state index contributed by atoms with van der Waals surface area (Å²) in [6.45, 7) is 7.24. The normalized spacial score (nSPS) is 15.1. The lowest BCUT2D eigenvalue weighted by Crippen LogP contribution is -2.38. The van der Waals surface area contributed by atoms with Crippen LogP contribution in [0, 0.1) is 10.6 Å². The lowest BCUT2D eigenvalue weighted by molar-refractivity contribution is 0.121. The highest BCUT2D eigenvalue weighted by Crippen LogP contribution is 2.16. The molecule has 1 aromatic carbocycles. The highest BCUT2D eigenvalue weighted by molar-refractivity contribution is 7.71. The molecule has 1 fully saturated rings. The number of ether oxygens (including phenoxy) is 1. The van der Waals surface area contributed by atoms with Crippen LogP contribution in [0.2, 0.25) is 0 Å². The molecule has 1 aliphatic heterocycles. The van der Waals surface area contributed by atoms with Gasteiger partial charge in [0.15, 0.2) is 0 Å². The highest BCUT2D eigenvalue weighted by Gasteiger charge is 2.19. The minimum atomic E-state index is -0.217. The maximum atomic E-state index is 13.0. The minimum absolute atomic E-state index is 0.217. The molecule has 2 heterocycles. The zero-order valence-electron chi connectivity index (χ0n) is 14.7. The van der Waals surface area contributed by atoms with Gasteiger partial charge in [0.1, 0.15) is 5.82 Å². The maximum Gasteiger partial charge on any atom is 0.226 e. The number of aromatic nitrogens is 3. The molecule has 2 aromatic rings. The molecule has 0 aliphatic carbocycles. The van der Waals surface area contributed by atoms with Gasteiger partial charge in [-0.1, -0.05) is 12.1 Å². The molecule has 1 aromatic heterocycles. The van der Waals surface area contributed by atoms with Gasteiger partial charge in [-0.3, -0.25) is 9.47 Å².